The van der Waals surface area contributed by atoms with Crippen LogP contribution >= 0.6 is 11.8 Å². The van der Waals surface area contributed by atoms with Crippen LogP contribution in [0.1, 0.15) is 36.7 Å². The van der Waals surface area contributed by atoms with E-state index in [9.17, 15) is 9.90 Å². The molecule has 4 rings (SSSR count). The van der Waals surface area contributed by atoms with E-state index in [0.29, 0.717) is 24.0 Å². The van der Waals surface area contributed by atoms with E-state index in [1.165, 1.54) is 41.8 Å². The quantitative estimate of drug-likeness (QED) is 0.405. The van der Waals surface area contributed by atoms with Crippen molar-refractivity contribution in [1.29, 1.82) is 0 Å². The molecule has 1 amide bonds. The van der Waals surface area contributed by atoms with Crippen LogP contribution in [0.5, 0.6) is 11.5 Å². The molecule has 162 valence electrons. The molecule has 31 heavy (non-hydrogen) atoms. The zero-order valence-corrected chi connectivity index (χ0v) is 18.3. The fraction of sp³-hybridized carbons (Fsp3) is 0.348. The number of benzene rings is 2. The minimum Gasteiger partial charge on any atom is -0.506 e. The van der Waals surface area contributed by atoms with Crippen LogP contribution in [-0.4, -0.2) is 31.5 Å². The Balaban J connectivity index is 1.35. The number of nitrogens with one attached hydrogen (secondary N) is 1. The number of nitrogens with zero attached hydrogens (tertiary/aromatic N) is 3. The predicted octanol–water partition coefficient (Wildman–Crippen LogP) is 4.19. The van der Waals surface area contributed by atoms with Crippen LogP contribution in [0.4, 0.5) is 5.69 Å². The molecule has 0 unspecified atom stereocenters. The molecule has 0 saturated carbocycles. The second kappa shape index (κ2) is 9.87. The first-order valence-electron chi connectivity index (χ1n) is 10.5. The van der Waals surface area contributed by atoms with Crippen LogP contribution < -0.4 is 10.1 Å². The molecule has 1 aliphatic carbocycles. The van der Waals surface area contributed by atoms with Crippen LogP contribution in [0.25, 0.3) is 0 Å². The fourth-order valence-corrected chi connectivity index (χ4v) is 4.51. The Morgan fingerprint density at radius 3 is 2.77 bits per heavy atom. The normalized spacial score (nSPS) is 12.9. The Hall–Kier alpha value is -3.00. The van der Waals surface area contributed by atoms with Crippen LogP contribution in [-0.2, 0) is 30.8 Å². The van der Waals surface area contributed by atoms with Gasteiger partial charge in [-0.3, -0.25) is 4.79 Å². The van der Waals surface area contributed by atoms with Gasteiger partial charge in [0.2, 0.25) is 5.91 Å². The Morgan fingerprint density at radius 1 is 1.16 bits per heavy atom. The summed E-state index contributed by atoms with van der Waals surface area (Å²) in [5, 5.41) is 21.7. The maximum Gasteiger partial charge on any atom is 0.234 e. The summed E-state index contributed by atoms with van der Waals surface area (Å²) in [4.78, 5) is 12.2. The molecule has 3 aromatic rings. The smallest absolute Gasteiger partial charge is 0.234 e. The summed E-state index contributed by atoms with van der Waals surface area (Å²) in [5.41, 5.74) is 3.20. The molecule has 2 aromatic carbocycles. The Bertz CT molecular complexity index is 1070. The average molecular weight is 439 g/mol. The molecular formula is C23H26N4O3S. The minimum absolute atomic E-state index is 0.0409. The summed E-state index contributed by atoms with van der Waals surface area (Å²) in [7, 11) is 0. The first kappa shape index (κ1) is 21.2. The molecule has 0 saturated heterocycles. The van der Waals surface area contributed by atoms with Crippen molar-refractivity contribution in [3.05, 3.63) is 59.4 Å². The maximum atomic E-state index is 12.2. The molecule has 7 nitrogen and oxygen atoms in total. The maximum absolute atomic E-state index is 12.2. The van der Waals surface area contributed by atoms with Crippen LogP contribution in [0.3, 0.4) is 0 Å². The molecule has 0 fully saturated rings. The van der Waals surface area contributed by atoms with E-state index in [2.05, 4.69) is 27.6 Å². The summed E-state index contributed by atoms with van der Waals surface area (Å²) in [6.45, 7) is 3.02. The summed E-state index contributed by atoms with van der Waals surface area (Å²) in [6.07, 6.45) is 4.76. The summed E-state index contributed by atoms with van der Waals surface area (Å²) < 4.78 is 7.95. The molecule has 0 atom stereocenters. The Labute approximate surface area is 185 Å². The number of anilines is 1. The largest absolute Gasteiger partial charge is 0.506 e. The highest BCUT2D eigenvalue weighted by Crippen LogP contribution is 2.26. The monoisotopic (exact) mass is 438 g/mol. The highest BCUT2D eigenvalue weighted by molar-refractivity contribution is 7.99. The van der Waals surface area contributed by atoms with Crippen molar-refractivity contribution < 1.29 is 14.6 Å². The van der Waals surface area contributed by atoms with Crippen LogP contribution in [0.2, 0.25) is 0 Å². The van der Waals surface area contributed by atoms with Crippen LogP contribution in [0.15, 0.2) is 47.6 Å². The number of rotatable bonds is 8. The third-order valence-electron chi connectivity index (χ3n) is 5.31. The first-order chi connectivity index (χ1) is 15.1. The minimum atomic E-state index is -0.219. The van der Waals surface area contributed by atoms with Gasteiger partial charge in [0.25, 0.3) is 0 Å². The van der Waals surface area contributed by atoms with Gasteiger partial charge in [-0.1, -0.05) is 30.0 Å². The van der Waals surface area contributed by atoms with Gasteiger partial charge in [-0.25, -0.2) is 0 Å². The van der Waals surface area contributed by atoms with Crippen molar-refractivity contribution in [2.45, 2.75) is 50.9 Å². The number of aromatic hydroxyl groups is 1. The van der Waals surface area contributed by atoms with E-state index in [1.807, 2.05) is 17.6 Å². The lowest BCUT2D eigenvalue weighted by Gasteiger charge is -2.16. The lowest BCUT2D eigenvalue weighted by atomic mass is 9.92. The van der Waals surface area contributed by atoms with E-state index in [4.69, 9.17) is 4.74 Å². The lowest BCUT2D eigenvalue weighted by molar-refractivity contribution is -0.113. The Kier molecular flexibility index (Phi) is 6.76. The van der Waals surface area contributed by atoms with Gasteiger partial charge >= 0.3 is 0 Å². The number of para-hydroxylation sites is 2. The number of amides is 1. The number of phenolic OH excluding ortho intramolecular Hbond substituents is 1. The molecule has 0 aliphatic heterocycles. The zero-order chi connectivity index (χ0) is 21.6. The van der Waals surface area contributed by atoms with Gasteiger partial charge in [0.05, 0.1) is 11.4 Å². The third kappa shape index (κ3) is 5.19. The second-order valence-electron chi connectivity index (χ2n) is 7.42. The van der Waals surface area contributed by atoms with Crippen molar-refractivity contribution >= 4 is 23.4 Å². The molecule has 2 N–H and O–H groups in total. The predicted molar refractivity (Wildman–Crippen MR) is 121 cm³/mol. The molecule has 1 heterocycles. The molecule has 0 radical (unpaired) electrons. The molecular weight excluding hydrogens is 412 g/mol. The first-order valence-corrected chi connectivity index (χ1v) is 11.5. The van der Waals surface area contributed by atoms with Gasteiger partial charge in [-0.15, -0.1) is 10.2 Å². The summed E-state index contributed by atoms with van der Waals surface area (Å²) in [5.74, 6) is 1.56. The molecule has 8 heteroatoms. The second-order valence-corrected chi connectivity index (χ2v) is 8.37. The van der Waals surface area contributed by atoms with E-state index < -0.39 is 0 Å². The van der Waals surface area contributed by atoms with E-state index in [1.54, 1.807) is 18.2 Å². The molecule has 1 aromatic heterocycles. The average Bonchev–Trinajstić information content (AvgIpc) is 3.19. The molecule has 0 bridgehead atoms. The topological polar surface area (TPSA) is 89.3 Å². The van der Waals surface area contributed by atoms with Gasteiger partial charge < -0.3 is 19.7 Å². The van der Waals surface area contributed by atoms with Gasteiger partial charge in [0, 0.05) is 6.54 Å². The number of thioether (sulfide) groups is 1. The van der Waals surface area contributed by atoms with Gasteiger partial charge in [0.15, 0.2) is 11.0 Å². The number of hydrogen-bond donors (Lipinski definition) is 2. The fourth-order valence-electron chi connectivity index (χ4n) is 3.69. The third-order valence-corrected chi connectivity index (χ3v) is 6.27. The Morgan fingerprint density at radius 2 is 1.97 bits per heavy atom. The van der Waals surface area contributed by atoms with Crippen molar-refractivity contribution in [2.24, 2.45) is 0 Å². The molecule has 1 aliphatic rings. The van der Waals surface area contributed by atoms with Crippen molar-refractivity contribution in [1.82, 2.24) is 14.8 Å². The van der Waals surface area contributed by atoms with E-state index in [-0.39, 0.29) is 17.4 Å². The van der Waals surface area contributed by atoms with E-state index in [0.717, 1.165) is 24.4 Å². The van der Waals surface area contributed by atoms with Gasteiger partial charge in [-0.05, 0) is 68.0 Å². The van der Waals surface area contributed by atoms with Crippen molar-refractivity contribution in [3.63, 3.8) is 0 Å². The SMILES string of the molecule is CCn1c(COc2ccc3c(c2)CCCC3)nnc1SCC(=O)Nc1ccccc1O. The van der Waals surface area contributed by atoms with Gasteiger partial charge in [-0.2, -0.15) is 0 Å². The number of ether oxygens (including phenoxy) is 1. The number of phenols is 1. The van der Waals surface area contributed by atoms with Crippen LogP contribution in [0, 0.1) is 0 Å². The number of aromatic nitrogens is 3. The highest BCUT2D eigenvalue weighted by atomic mass is 32.2. The summed E-state index contributed by atoms with van der Waals surface area (Å²) >= 11 is 1.31. The number of carbonyl (C=O) groups is 1. The standard InChI is InChI=1S/C23H26N4O3S/c1-2-27-21(14-30-18-12-11-16-7-3-4-8-17(16)13-18)25-26-23(27)31-15-22(29)24-19-9-5-6-10-20(19)28/h5-6,9-13,28H,2-4,7-8,14-15H2,1H3,(H,24,29). The number of hydrogen-bond acceptors (Lipinski definition) is 6. The number of aryl methyl sites for hydroxylation is 2. The number of carbonyl (C=O) groups excluding carboxylic acids is 1. The highest BCUT2D eigenvalue weighted by Gasteiger charge is 2.15. The van der Waals surface area contributed by atoms with Crippen molar-refractivity contribution in [2.75, 3.05) is 11.1 Å². The van der Waals surface area contributed by atoms with Gasteiger partial charge in [0.1, 0.15) is 18.1 Å². The van der Waals surface area contributed by atoms with Crippen molar-refractivity contribution in [3.8, 4) is 11.5 Å². The summed E-state index contributed by atoms with van der Waals surface area (Å²) in [6, 6.07) is 13.0. The lowest BCUT2D eigenvalue weighted by Crippen LogP contribution is -2.15. The van der Waals surface area contributed by atoms with E-state index >= 15 is 0 Å². The zero-order valence-electron chi connectivity index (χ0n) is 17.5. The number of fused-ring (bicyclic) bond motifs is 1. The molecule has 0 spiro atoms.